The third-order valence-electron chi connectivity index (χ3n) is 1.50. The van der Waals surface area contributed by atoms with Crippen LogP contribution in [0.15, 0.2) is 24.3 Å². The fourth-order valence-electron chi connectivity index (χ4n) is 0.902. The van der Waals surface area contributed by atoms with E-state index in [1.54, 1.807) is 0 Å². The number of thiocarbonyl (C=S) groups is 1. The molecule has 0 amide bonds. The minimum Gasteiger partial charge on any atom is -0.415 e. The maximum Gasteiger partial charge on any atom is -0.0708 e. The van der Waals surface area contributed by atoms with E-state index >= 15 is 0 Å². The van der Waals surface area contributed by atoms with Crippen molar-refractivity contribution in [2.24, 2.45) is 5.73 Å². The summed E-state index contributed by atoms with van der Waals surface area (Å²) < 4.78 is 1.61. The van der Waals surface area contributed by atoms with Gasteiger partial charge in [-0.05, 0) is 0 Å². The van der Waals surface area contributed by atoms with Crippen LogP contribution in [0, 0.1) is 0 Å². The molecule has 1 aromatic rings. The topological polar surface area (TPSA) is 26.0 Å². The van der Waals surface area contributed by atoms with E-state index in [9.17, 15) is 0 Å². The average Bonchev–Trinajstić information content (AvgIpc) is 2.04. The van der Waals surface area contributed by atoms with Gasteiger partial charge < -0.3 is 30.6 Å². The van der Waals surface area contributed by atoms with E-state index in [1.807, 2.05) is 0 Å². The predicted octanol–water partition coefficient (Wildman–Crippen LogP) is 1.20. The number of benzene rings is 1. The van der Waals surface area contributed by atoms with Crippen molar-refractivity contribution in [2.75, 3.05) is 0 Å². The Balaban J connectivity index is 0.000000310. The molecule has 0 saturated heterocycles. The Morgan fingerprint density at radius 1 is 1.54 bits per heavy atom. The molecule has 13 heavy (non-hydrogen) atoms. The van der Waals surface area contributed by atoms with E-state index in [1.165, 1.54) is 34.4 Å². The first kappa shape index (κ1) is 13.0. The summed E-state index contributed by atoms with van der Waals surface area (Å²) in [6.45, 7) is 2.20. The van der Waals surface area contributed by atoms with Gasteiger partial charge >= 0.3 is 65.6 Å². The van der Waals surface area contributed by atoms with Crippen molar-refractivity contribution in [3.63, 3.8) is 0 Å². The third-order valence-corrected chi connectivity index (χ3v) is 2.95. The normalized spacial score (nSPS) is 8.54. The van der Waals surface area contributed by atoms with Gasteiger partial charge in [0.1, 0.15) is 0 Å². The van der Waals surface area contributed by atoms with E-state index < -0.39 is 0 Å². The quantitative estimate of drug-likeness (QED) is 0.468. The Bertz CT molecular complexity index is 272. The monoisotopic (exact) mass is 261 g/mol. The molecule has 0 radical (unpaired) electrons. The zero-order chi connectivity index (χ0) is 10.3. The fraction of sp³-hybridized carbons (Fsp3) is 0.222. The maximum absolute atomic E-state index is 4.66. The van der Waals surface area contributed by atoms with Crippen molar-refractivity contribution < 1.29 is 18.3 Å². The van der Waals surface area contributed by atoms with Crippen LogP contribution >= 0.6 is 12.2 Å². The fourth-order valence-corrected chi connectivity index (χ4v) is 1.96. The molecule has 0 fully saturated rings. The minimum absolute atomic E-state index is 0.0833. The molecule has 0 aromatic heterocycles. The van der Waals surface area contributed by atoms with E-state index in [0.717, 1.165) is 0 Å². The number of hydrogen-bond donors (Lipinski definition) is 1. The zero-order valence-corrected chi connectivity index (χ0v) is 12.2. The maximum atomic E-state index is 4.66. The van der Waals surface area contributed by atoms with Crippen molar-refractivity contribution in [1.82, 2.24) is 0 Å². The number of hydrogen-bond acceptors (Lipinski definition) is 2. The summed E-state index contributed by atoms with van der Waals surface area (Å²) in [6, 6.07) is 8.63. The smallest absolute Gasteiger partial charge is 0.0708 e. The largest absolute Gasteiger partial charge is 0.415 e. The second kappa shape index (κ2) is 7.37. The summed E-state index contributed by atoms with van der Waals surface area (Å²) in [5, 5.41) is 0. The first-order chi connectivity index (χ1) is 6.07. The van der Waals surface area contributed by atoms with Gasteiger partial charge in [-0.2, -0.15) is 0 Å². The van der Waals surface area contributed by atoms with Crippen LogP contribution in [0.1, 0.15) is 12.5 Å². The van der Waals surface area contributed by atoms with E-state index in [-0.39, 0.29) is 4.32 Å². The molecular formula is C9H11NS2Zn. The van der Waals surface area contributed by atoms with Gasteiger partial charge in [0.15, 0.2) is 0 Å². The summed E-state index contributed by atoms with van der Waals surface area (Å²) in [4.78, 5) is 0. The minimum atomic E-state index is 0.0833. The van der Waals surface area contributed by atoms with Crippen molar-refractivity contribution in [3.05, 3.63) is 29.8 Å². The van der Waals surface area contributed by atoms with Gasteiger partial charge in [-0.3, -0.25) is 0 Å². The van der Waals surface area contributed by atoms with Crippen LogP contribution < -0.4 is 9.89 Å². The Hall–Kier alpha value is -0.0466. The van der Waals surface area contributed by atoms with Crippen LogP contribution in [-0.2, 0) is 37.4 Å². The first-order valence-corrected chi connectivity index (χ1v) is 6.24. The van der Waals surface area contributed by atoms with Crippen molar-refractivity contribution in [2.45, 2.75) is 13.3 Å². The number of nitrogens with two attached hydrogens (primary N) is 1. The van der Waals surface area contributed by atoms with E-state index in [4.69, 9.17) is 0 Å². The molecule has 0 aliphatic carbocycles. The molecule has 0 atom stereocenters. The van der Waals surface area contributed by atoms with E-state index in [0.29, 0.717) is 0 Å². The molecule has 1 nitrogen and oxygen atoms in total. The van der Waals surface area contributed by atoms with Gasteiger partial charge in [0, 0.05) is 0 Å². The summed E-state index contributed by atoms with van der Waals surface area (Å²) in [7, 11) is 0. The van der Waals surface area contributed by atoms with Crippen LogP contribution in [0.3, 0.4) is 0 Å². The Kier molecular flexibility index (Phi) is 7.34. The Morgan fingerprint density at radius 3 is 2.31 bits per heavy atom. The standard InChI is InChI=1S/C8H9.CH3NS2.Zn/c1-2-8-6-4-3-5-7-8;2-1(3)4;/h3-6H,2H2,1H3;(H3,2,3,4);/q;;+1/p-1. The van der Waals surface area contributed by atoms with E-state index in [2.05, 4.69) is 61.8 Å². The molecule has 1 aromatic carbocycles. The molecule has 66 valence electrons. The number of aryl methyl sites for hydroxylation is 1. The number of rotatable bonds is 1. The average molecular weight is 263 g/mol. The molecule has 0 bridgehead atoms. The van der Waals surface area contributed by atoms with Gasteiger partial charge in [0.25, 0.3) is 0 Å². The van der Waals surface area contributed by atoms with Crippen molar-refractivity contribution in [3.8, 4) is 0 Å². The summed E-state index contributed by atoms with van der Waals surface area (Å²) in [5.41, 5.74) is 6.17. The Labute approximate surface area is 100 Å². The summed E-state index contributed by atoms with van der Waals surface area (Å²) in [5.74, 6) is 0. The van der Waals surface area contributed by atoms with Crippen LogP contribution in [-0.4, -0.2) is 4.32 Å². The molecule has 0 aliphatic rings. The molecule has 0 saturated carbocycles. The molecule has 2 N–H and O–H groups in total. The zero-order valence-electron chi connectivity index (χ0n) is 7.62. The van der Waals surface area contributed by atoms with Crippen LogP contribution in [0.4, 0.5) is 0 Å². The molecule has 0 heterocycles. The third kappa shape index (κ3) is 7.06. The van der Waals surface area contributed by atoms with Gasteiger partial charge in [-0.25, -0.2) is 0 Å². The van der Waals surface area contributed by atoms with Crippen LogP contribution in [0.2, 0.25) is 0 Å². The summed E-state index contributed by atoms with van der Waals surface area (Å²) in [6.07, 6.45) is 1.18. The van der Waals surface area contributed by atoms with Gasteiger partial charge in [0.05, 0.1) is 0 Å². The van der Waals surface area contributed by atoms with Gasteiger partial charge in [-0.1, -0.05) is 4.32 Å². The molecule has 4 heteroatoms. The second-order valence-corrected chi connectivity index (χ2v) is 5.18. The van der Waals surface area contributed by atoms with Gasteiger partial charge in [0.2, 0.25) is 0 Å². The molecular weight excluding hydrogens is 252 g/mol. The molecule has 0 unspecified atom stereocenters. The Morgan fingerprint density at radius 2 is 2.00 bits per heavy atom. The summed E-state index contributed by atoms with van der Waals surface area (Å²) >= 11 is 9.54. The van der Waals surface area contributed by atoms with Gasteiger partial charge in [-0.15, -0.1) is 0 Å². The van der Waals surface area contributed by atoms with Crippen LogP contribution in [0.25, 0.3) is 0 Å². The molecule has 1 rings (SSSR count). The predicted molar refractivity (Wildman–Crippen MR) is 59.6 cm³/mol. The second-order valence-electron chi connectivity index (χ2n) is 2.44. The van der Waals surface area contributed by atoms with Crippen LogP contribution in [0.5, 0.6) is 0 Å². The SMILES string of the molecule is CCc1cccc[c]1[Zn+].NC(=S)[S-]. The van der Waals surface area contributed by atoms with Crippen molar-refractivity contribution >= 4 is 33.3 Å². The molecule has 0 spiro atoms. The van der Waals surface area contributed by atoms with Crippen molar-refractivity contribution in [1.29, 1.82) is 0 Å². The molecule has 0 aliphatic heterocycles. The first-order valence-electron chi connectivity index (χ1n) is 3.94.